The zero-order chi connectivity index (χ0) is 35.7. The van der Waals surface area contributed by atoms with Crippen molar-refractivity contribution in [1.82, 2.24) is 25.2 Å². The molecule has 3 aromatic carbocycles. The number of carbonyl (C=O) groups is 3. The maximum absolute atomic E-state index is 13.8. The van der Waals surface area contributed by atoms with Crippen molar-refractivity contribution in [3.63, 3.8) is 0 Å². The third-order valence-corrected chi connectivity index (χ3v) is 8.80. The summed E-state index contributed by atoms with van der Waals surface area (Å²) < 4.78 is 35.3. The molecule has 1 aliphatic carbocycles. The predicted molar refractivity (Wildman–Crippen MR) is 184 cm³/mol. The van der Waals surface area contributed by atoms with Crippen molar-refractivity contribution in [3.05, 3.63) is 129 Å². The van der Waals surface area contributed by atoms with Crippen LogP contribution in [0.4, 0.5) is 14.5 Å². The van der Waals surface area contributed by atoms with Crippen molar-refractivity contribution in [2.75, 3.05) is 4.42 Å². The molecule has 1 unspecified atom stereocenters. The molecule has 1 aliphatic rings. The zero-order valence-corrected chi connectivity index (χ0v) is 28.6. The minimum atomic E-state index is -1.03. The molecule has 0 saturated carbocycles. The maximum atomic E-state index is 13.8. The van der Waals surface area contributed by atoms with Gasteiger partial charge in [0.1, 0.15) is 16.9 Å². The van der Waals surface area contributed by atoms with E-state index in [4.69, 9.17) is 16.5 Å². The number of esters is 1. The van der Waals surface area contributed by atoms with Gasteiger partial charge in [-0.25, -0.2) is 27.5 Å². The van der Waals surface area contributed by atoms with Crippen LogP contribution in [0.25, 0.3) is 5.65 Å². The monoisotopic (exact) mass is 700 g/mol. The third-order valence-electron chi connectivity index (χ3n) is 8.45. The predicted octanol–water partition coefficient (Wildman–Crippen LogP) is 6.78. The van der Waals surface area contributed by atoms with Crippen LogP contribution in [0.2, 0.25) is 0 Å². The minimum absolute atomic E-state index is 0.0167. The molecule has 2 aromatic heterocycles. The second kappa shape index (κ2) is 14.0. The van der Waals surface area contributed by atoms with E-state index < -0.39 is 29.0 Å². The van der Waals surface area contributed by atoms with Gasteiger partial charge in [0.2, 0.25) is 0 Å². The van der Waals surface area contributed by atoms with Crippen LogP contribution < -0.4 is 15.1 Å². The van der Waals surface area contributed by atoms with Crippen molar-refractivity contribution in [2.45, 2.75) is 65.3 Å². The number of para-hydroxylation sites is 1. The number of fused-ring (bicyclic) bond motifs is 2. The number of carbonyl (C=O) groups excluding carboxylic acids is 3. The first-order valence-electron chi connectivity index (χ1n) is 16.0. The van der Waals surface area contributed by atoms with E-state index >= 15 is 0 Å². The van der Waals surface area contributed by atoms with E-state index in [0.29, 0.717) is 22.5 Å². The molecule has 0 bridgehead atoms. The molecule has 2 heterocycles. The fourth-order valence-corrected chi connectivity index (χ4v) is 6.20. The molecule has 2 amide bonds. The highest BCUT2D eigenvalue weighted by Gasteiger charge is 2.29. The lowest BCUT2D eigenvalue weighted by molar-refractivity contribution is 0.00683. The molecule has 1 atom stereocenters. The van der Waals surface area contributed by atoms with Gasteiger partial charge in [-0.3, -0.25) is 9.59 Å². The Labute approximate surface area is 292 Å². The number of anilines is 1. The normalized spacial score (nSPS) is 14.0. The van der Waals surface area contributed by atoms with Crippen LogP contribution in [0.3, 0.4) is 0 Å². The highest BCUT2D eigenvalue weighted by molar-refractivity contribution is 6.39. The van der Waals surface area contributed by atoms with E-state index in [1.165, 1.54) is 16.8 Å². The summed E-state index contributed by atoms with van der Waals surface area (Å²) in [6.07, 6.45) is 2.87. The van der Waals surface area contributed by atoms with Crippen LogP contribution in [0.15, 0.2) is 72.9 Å². The van der Waals surface area contributed by atoms with Gasteiger partial charge < -0.3 is 15.4 Å². The zero-order valence-electron chi connectivity index (χ0n) is 27.9. The smallest absolute Gasteiger partial charge is 0.338 e. The lowest BCUT2D eigenvalue weighted by Gasteiger charge is -2.21. The van der Waals surface area contributed by atoms with Gasteiger partial charge in [0.05, 0.1) is 23.1 Å². The lowest BCUT2D eigenvalue weighted by Crippen LogP contribution is -2.26. The summed E-state index contributed by atoms with van der Waals surface area (Å²) in [5.41, 5.74) is 4.42. The Morgan fingerprint density at radius 2 is 1.76 bits per heavy atom. The highest BCUT2D eigenvalue weighted by atomic mass is 35.5. The Bertz CT molecular complexity index is 2120. The van der Waals surface area contributed by atoms with Gasteiger partial charge >= 0.3 is 5.97 Å². The summed E-state index contributed by atoms with van der Waals surface area (Å²) in [7, 11) is 0. The molecule has 0 aliphatic heterocycles. The average molecular weight is 701 g/mol. The largest absolute Gasteiger partial charge is 0.456 e. The number of benzene rings is 3. The topological polar surface area (TPSA) is 118 Å². The maximum Gasteiger partial charge on any atom is 0.338 e. The minimum Gasteiger partial charge on any atom is -0.456 e. The van der Waals surface area contributed by atoms with Crippen molar-refractivity contribution >= 4 is 40.9 Å². The van der Waals surface area contributed by atoms with E-state index in [1.54, 1.807) is 42.5 Å². The summed E-state index contributed by atoms with van der Waals surface area (Å²) in [6, 6.07) is 17.2. The molecule has 0 saturated heterocycles. The van der Waals surface area contributed by atoms with Crippen LogP contribution in [-0.4, -0.2) is 38.0 Å². The van der Waals surface area contributed by atoms with E-state index in [9.17, 15) is 23.2 Å². The first-order chi connectivity index (χ1) is 23.8. The number of nitrogens with zero attached hydrogens (tertiary/aromatic N) is 4. The Balaban J connectivity index is 1.29. The molecule has 258 valence electrons. The van der Waals surface area contributed by atoms with Gasteiger partial charge in [0.15, 0.2) is 17.3 Å². The SMILES string of the molecule is Cc1c(C(=O)OC(C)(C)C)ccc2c1CCC2NCc1cc(C(=O)NCc2ccc(F)c(F)c2)nc2c(C(=O)N(Cl)c3ccccc3)cnn12. The number of aromatic nitrogens is 3. The molecule has 0 fully saturated rings. The summed E-state index contributed by atoms with van der Waals surface area (Å²) >= 11 is 6.44. The fraction of sp³-hybridized carbons (Fsp3) is 0.270. The van der Waals surface area contributed by atoms with Crippen LogP contribution in [0, 0.1) is 18.6 Å². The van der Waals surface area contributed by atoms with Gasteiger partial charge in [-0.05, 0) is 99.2 Å². The summed E-state index contributed by atoms with van der Waals surface area (Å²) in [4.78, 5) is 44.3. The second-order valence-corrected chi connectivity index (χ2v) is 13.4. The number of rotatable bonds is 9. The van der Waals surface area contributed by atoms with Crippen LogP contribution >= 0.6 is 11.8 Å². The molecule has 0 radical (unpaired) electrons. The Morgan fingerprint density at radius 1 is 1.00 bits per heavy atom. The van der Waals surface area contributed by atoms with E-state index in [0.717, 1.165) is 46.1 Å². The Hall–Kier alpha value is -5.20. The summed E-state index contributed by atoms with van der Waals surface area (Å²) in [5, 5.41) is 10.7. The number of halogens is 3. The van der Waals surface area contributed by atoms with Crippen LogP contribution in [-0.2, 0) is 24.2 Å². The number of hydrogen-bond acceptors (Lipinski definition) is 7. The molecule has 0 spiro atoms. The van der Waals surface area contributed by atoms with Crippen molar-refractivity contribution < 1.29 is 27.9 Å². The second-order valence-electron chi connectivity index (χ2n) is 13.1. The number of nitrogens with one attached hydrogen (secondary N) is 2. The molecule has 5 aromatic rings. The van der Waals surface area contributed by atoms with Crippen LogP contribution in [0.5, 0.6) is 0 Å². The van der Waals surface area contributed by atoms with Gasteiger partial charge in [-0.15, -0.1) is 0 Å². The summed E-state index contributed by atoms with van der Waals surface area (Å²) in [5.74, 6) is -3.58. The molecule has 13 heteroatoms. The van der Waals surface area contributed by atoms with Crippen LogP contribution in [0.1, 0.15) is 92.4 Å². The number of amides is 2. The van der Waals surface area contributed by atoms with E-state index in [1.807, 2.05) is 33.8 Å². The Kier molecular flexibility index (Phi) is 9.68. The highest BCUT2D eigenvalue weighted by Crippen LogP contribution is 2.35. The van der Waals surface area contributed by atoms with Gasteiger partial charge in [0.25, 0.3) is 11.8 Å². The van der Waals surface area contributed by atoms with Gasteiger partial charge in [-0.1, -0.05) is 30.3 Å². The van der Waals surface area contributed by atoms with E-state index in [-0.39, 0.29) is 42.0 Å². The first-order valence-corrected chi connectivity index (χ1v) is 16.4. The fourth-order valence-electron chi connectivity index (χ4n) is 6.00. The molecule has 6 rings (SSSR count). The molecule has 10 nitrogen and oxygen atoms in total. The first kappa shape index (κ1) is 34.7. The molecular weight excluding hydrogens is 666 g/mol. The Morgan fingerprint density at radius 3 is 2.48 bits per heavy atom. The van der Waals surface area contributed by atoms with Crippen molar-refractivity contribution in [3.8, 4) is 0 Å². The van der Waals surface area contributed by atoms with E-state index in [2.05, 4.69) is 20.7 Å². The van der Waals surface area contributed by atoms with Crippen molar-refractivity contribution in [2.24, 2.45) is 0 Å². The van der Waals surface area contributed by atoms with Gasteiger partial charge in [-0.2, -0.15) is 5.10 Å². The molecule has 2 N–H and O–H groups in total. The lowest BCUT2D eigenvalue weighted by atomic mass is 9.97. The number of hydrogen-bond donors (Lipinski definition) is 2. The quantitative estimate of drug-likeness (QED) is 0.129. The standard InChI is InChI=1S/C37H35ClF2N6O4/c1-21-25-13-15-31(27(25)12-11-26(21)36(49)50-37(2,3)4)41-19-24-17-32(34(47)42-18-22-10-14-29(39)30(40)16-22)44-33-28(20-43-46(24)33)35(48)45(38)23-8-6-5-7-9-23/h5-12,14,16-17,20,31,41H,13,15,18-19H2,1-4H3,(H,42,47). The summed E-state index contributed by atoms with van der Waals surface area (Å²) in [6.45, 7) is 7.57. The average Bonchev–Trinajstić information content (AvgIpc) is 3.71. The number of ether oxygens (including phenoxy) is 1. The van der Waals surface area contributed by atoms with Crippen molar-refractivity contribution in [1.29, 1.82) is 0 Å². The molecular formula is C37H35ClF2N6O4. The van der Waals surface area contributed by atoms with Gasteiger partial charge in [0, 0.05) is 30.9 Å². The molecule has 50 heavy (non-hydrogen) atoms. The third kappa shape index (κ3) is 7.22.